The number of halogens is 2. The van der Waals surface area contributed by atoms with Crippen molar-refractivity contribution in [2.24, 2.45) is 0 Å². The van der Waals surface area contributed by atoms with Gasteiger partial charge in [-0.05, 0) is 41.4 Å². The van der Waals surface area contributed by atoms with E-state index in [4.69, 9.17) is 34.5 Å². The van der Waals surface area contributed by atoms with E-state index in [0.29, 0.717) is 34.3 Å². The van der Waals surface area contributed by atoms with Crippen LogP contribution in [0.2, 0.25) is 10.3 Å². The Balaban J connectivity index is 1.92. The molecular formula is C17H12Cl2N4O. The predicted octanol–water partition coefficient (Wildman–Crippen LogP) is 5.11. The van der Waals surface area contributed by atoms with Crippen LogP contribution in [0.15, 0.2) is 36.4 Å². The average molecular weight is 359 g/mol. The van der Waals surface area contributed by atoms with Gasteiger partial charge in [-0.2, -0.15) is 0 Å². The summed E-state index contributed by atoms with van der Waals surface area (Å²) in [6.45, 7) is 7.64. The summed E-state index contributed by atoms with van der Waals surface area (Å²) in [5.74, 6) is 1.19. The van der Waals surface area contributed by atoms with Crippen LogP contribution in [0.4, 0.5) is 11.5 Å². The highest BCUT2D eigenvalue weighted by Gasteiger charge is 2.08. The van der Waals surface area contributed by atoms with E-state index >= 15 is 0 Å². The first-order valence-corrected chi connectivity index (χ1v) is 7.77. The third-order valence-corrected chi connectivity index (χ3v) is 3.92. The molecule has 0 amide bonds. The summed E-state index contributed by atoms with van der Waals surface area (Å²) in [5.41, 5.74) is 2.16. The summed E-state index contributed by atoms with van der Waals surface area (Å²) >= 11 is 12.1. The van der Waals surface area contributed by atoms with E-state index in [0.717, 1.165) is 10.9 Å². The van der Waals surface area contributed by atoms with Crippen molar-refractivity contribution in [1.29, 1.82) is 0 Å². The van der Waals surface area contributed by atoms with Crippen molar-refractivity contribution in [2.75, 3.05) is 12.4 Å². The topological polar surface area (TPSA) is 51.4 Å². The van der Waals surface area contributed by atoms with E-state index in [9.17, 15) is 0 Å². The number of rotatable bonds is 4. The summed E-state index contributed by atoms with van der Waals surface area (Å²) < 4.78 is 5.14. The number of hydrogen-bond donors (Lipinski definition) is 1. The second-order valence-corrected chi connectivity index (χ2v) is 5.72. The van der Waals surface area contributed by atoms with Gasteiger partial charge < -0.3 is 10.1 Å². The molecule has 1 aromatic heterocycles. The van der Waals surface area contributed by atoms with Crippen LogP contribution < -0.4 is 10.1 Å². The molecule has 7 heteroatoms. The van der Waals surface area contributed by atoms with Gasteiger partial charge in [0.25, 0.3) is 0 Å². The Kier molecular flexibility index (Phi) is 4.70. The van der Waals surface area contributed by atoms with Crippen molar-refractivity contribution < 1.29 is 4.74 Å². The molecule has 5 nitrogen and oxygen atoms in total. The number of anilines is 1. The Bertz CT molecular complexity index is 953. The summed E-state index contributed by atoms with van der Waals surface area (Å²) in [6, 6.07) is 10.7. The lowest BCUT2D eigenvalue weighted by Crippen LogP contribution is -2.03. The van der Waals surface area contributed by atoms with Crippen molar-refractivity contribution >= 4 is 45.6 Å². The van der Waals surface area contributed by atoms with E-state index in [1.54, 1.807) is 25.3 Å². The molecule has 3 rings (SSSR count). The van der Waals surface area contributed by atoms with Crippen LogP contribution in [0.3, 0.4) is 0 Å². The van der Waals surface area contributed by atoms with Crippen LogP contribution in [0, 0.1) is 6.57 Å². The fourth-order valence-electron chi connectivity index (χ4n) is 2.30. The van der Waals surface area contributed by atoms with E-state index in [2.05, 4.69) is 20.1 Å². The molecule has 0 fully saturated rings. The molecule has 0 aliphatic rings. The molecule has 120 valence electrons. The highest BCUT2D eigenvalue weighted by Crippen LogP contribution is 2.28. The Hall–Kier alpha value is -2.55. The van der Waals surface area contributed by atoms with Crippen molar-refractivity contribution in [3.8, 4) is 5.75 Å². The minimum absolute atomic E-state index is 0.147. The lowest BCUT2D eigenvalue weighted by Gasteiger charge is -2.11. The fourth-order valence-corrected chi connectivity index (χ4v) is 2.75. The Morgan fingerprint density at radius 2 is 2.00 bits per heavy atom. The first-order valence-electron chi connectivity index (χ1n) is 7.02. The van der Waals surface area contributed by atoms with Crippen molar-refractivity contribution in [3.05, 3.63) is 63.7 Å². The van der Waals surface area contributed by atoms with Gasteiger partial charge in [0.2, 0.25) is 5.28 Å². The largest absolute Gasteiger partial charge is 0.495 e. The van der Waals surface area contributed by atoms with Gasteiger partial charge in [0, 0.05) is 11.9 Å². The Labute approximate surface area is 149 Å². The monoisotopic (exact) mass is 358 g/mol. The lowest BCUT2D eigenvalue weighted by atomic mass is 10.2. The molecular weight excluding hydrogens is 347 g/mol. The van der Waals surface area contributed by atoms with E-state index < -0.39 is 0 Å². The maximum Gasteiger partial charge on any atom is 0.224 e. The Morgan fingerprint density at radius 1 is 1.17 bits per heavy atom. The Morgan fingerprint density at radius 3 is 2.71 bits per heavy atom. The maximum atomic E-state index is 7.14. The van der Waals surface area contributed by atoms with Gasteiger partial charge in [-0.3, -0.25) is 0 Å². The summed E-state index contributed by atoms with van der Waals surface area (Å²) in [6.07, 6.45) is 0. The van der Waals surface area contributed by atoms with Crippen LogP contribution in [0.1, 0.15) is 5.56 Å². The molecule has 0 saturated carbocycles. The standard InChI is InChI=1S/C17H12Cl2N4O/c1-20-11-4-5-14-12(8-11)16(23-17(19)22-14)21-9-10-3-6-15(24-2)13(18)7-10/h3-8H,9H2,2H3,(H,21,22,23). The van der Waals surface area contributed by atoms with Gasteiger partial charge in [0.05, 0.1) is 24.2 Å². The molecule has 1 heterocycles. The molecule has 2 aromatic carbocycles. The molecule has 0 saturated heterocycles. The average Bonchev–Trinajstić information content (AvgIpc) is 2.59. The third kappa shape index (κ3) is 3.35. The molecule has 0 atom stereocenters. The highest BCUT2D eigenvalue weighted by molar-refractivity contribution is 6.32. The van der Waals surface area contributed by atoms with E-state index in [-0.39, 0.29) is 5.28 Å². The number of benzene rings is 2. The zero-order valence-electron chi connectivity index (χ0n) is 12.7. The second-order valence-electron chi connectivity index (χ2n) is 4.98. The summed E-state index contributed by atoms with van der Waals surface area (Å²) in [5, 5.41) is 4.65. The SMILES string of the molecule is [C-]#[N+]c1ccc2nc(Cl)nc(NCc3ccc(OC)c(Cl)c3)c2c1. The molecule has 3 aromatic rings. The number of methoxy groups -OCH3 is 1. The summed E-state index contributed by atoms with van der Waals surface area (Å²) in [7, 11) is 1.57. The van der Waals surface area contributed by atoms with E-state index in [1.165, 1.54) is 0 Å². The zero-order valence-corrected chi connectivity index (χ0v) is 14.2. The highest BCUT2D eigenvalue weighted by atomic mass is 35.5. The molecule has 24 heavy (non-hydrogen) atoms. The molecule has 1 N–H and O–H groups in total. The molecule has 0 radical (unpaired) electrons. The normalized spacial score (nSPS) is 10.4. The first-order chi connectivity index (χ1) is 11.6. The van der Waals surface area contributed by atoms with Crippen LogP contribution in [-0.2, 0) is 6.54 Å². The molecule has 0 bridgehead atoms. The van der Waals surface area contributed by atoms with E-state index in [1.807, 2.05) is 18.2 Å². The number of ether oxygens (including phenoxy) is 1. The van der Waals surface area contributed by atoms with Crippen LogP contribution in [0.5, 0.6) is 5.75 Å². The minimum Gasteiger partial charge on any atom is -0.495 e. The van der Waals surface area contributed by atoms with Crippen molar-refractivity contribution in [3.63, 3.8) is 0 Å². The number of hydrogen-bond acceptors (Lipinski definition) is 4. The number of aromatic nitrogens is 2. The molecule has 0 spiro atoms. The fraction of sp³-hybridized carbons (Fsp3) is 0.118. The number of nitrogens with zero attached hydrogens (tertiary/aromatic N) is 3. The second kappa shape index (κ2) is 6.91. The van der Waals surface area contributed by atoms with Crippen LogP contribution in [-0.4, -0.2) is 17.1 Å². The third-order valence-electron chi connectivity index (χ3n) is 3.46. The summed E-state index contributed by atoms with van der Waals surface area (Å²) in [4.78, 5) is 11.8. The minimum atomic E-state index is 0.147. The van der Waals surface area contributed by atoms with Crippen LogP contribution >= 0.6 is 23.2 Å². The molecule has 0 unspecified atom stereocenters. The molecule has 0 aliphatic heterocycles. The van der Waals surface area contributed by atoms with Gasteiger partial charge in [-0.1, -0.05) is 23.7 Å². The van der Waals surface area contributed by atoms with Gasteiger partial charge in [-0.25, -0.2) is 14.8 Å². The molecule has 0 aliphatic carbocycles. The lowest BCUT2D eigenvalue weighted by molar-refractivity contribution is 0.415. The smallest absolute Gasteiger partial charge is 0.224 e. The van der Waals surface area contributed by atoms with Gasteiger partial charge in [-0.15, -0.1) is 0 Å². The van der Waals surface area contributed by atoms with Crippen molar-refractivity contribution in [1.82, 2.24) is 9.97 Å². The quantitative estimate of drug-likeness (QED) is 0.520. The maximum absolute atomic E-state index is 7.14. The first kappa shape index (κ1) is 16.3. The van der Waals surface area contributed by atoms with Crippen LogP contribution in [0.25, 0.3) is 15.7 Å². The van der Waals surface area contributed by atoms with Gasteiger partial charge in [0.1, 0.15) is 11.6 Å². The van der Waals surface area contributed by atoms with Gasteiger partial charge >= 0.3 is 0 Å². The van der Waals surface area contributed by atoms with Crippen molar-refractivity contribution in [2.45, 2.75) is 6.54 Å². The zero-order chi connectivity index (χ0) is 17.1. The van der Waals surface area contributed by atoms with Gasteiger partial charge in [0.15, 0.2) is 5.69 Å². The number of nitrogens with one attached hydrogen (secondary N) is 1. The number of fused-ring (bicyclic) bond motifs is 1. The predicted molar refractivity (Wildman–Crippen MR) is 96.1 cm³/mol.